The smallest absolute Gasteiger partial charge is 0.228 e. The largest absolute Gasteiger partial charge is 0.495 e. The number of anilines is 2. The van der Waals surface area contributed by atoms with E-state index in [0.717, 1.165) is 57.9 Å². The van der Waals surface area contributed by atoms with Crippen molar-refractivity contribution in [1.29, 1.82) is 0 Å². The minimum atomic E-state index is -0.473. The standard InChI is InChI=1S/C22H21ClN4O2S/c1-3-22(21(23)28)5-4-14-17(8-22)30-20-18(14)19(25-11-26-20)27-15-6-12-9-24-10-13(12)7-16(15)29-2/h6-7,9,11H,3-5,8,10H2,1-2H3,(H,25,26,27)/t22-/m0/s1. The zero-order chi connectivity index (χ0) is 20.9. The van der Waals surface area contributed by atoms with Crippen molar-refractivity contribution >= 4 is 56.1 Å². The van der Waals surface area contributed by atoms with Crippen LogP contribution in [0.1, 0.15) is 41.3 Å². The quantitative estimate of drug-likeness (QED) is 0.563. The number of benzene rings is 1. The number of nitrogens with one attached hydrogen (secondary N) is 1. The lowest BCUT2D eigenvalue weighted by Gasteiger charge is -2.32. The average Bonchev–Trinajstić information content (AvgIpc) is 3.36. The summed E-state index contributed by atoms with van der Waals surface area (Å²) in [6, 6.07) is 4.07. The molecule has 0 saturated heterocycles. The van der Waals surface area contributed by atoms with E-state index in [1.54, 1.807) is 24.8 Å². The molecule has 0 bridgehead atoms. The fraction of sp³-hybridized carbons (Fsp3) is 0.364. The highest BCUT2D eigenvalue weighted by atomic mass is 35.5. The number of aromatic nitrogens is 2. The summed E-state index contributed by atoms with van der Waals surface area (Å²) in [6.45, 7) is 2.72. The van der Waals surface area contributed by atoms with Crippen LogP contribution in [0.4, 0.5) is 11.5 Å². The number of hydrogen-bond donors (Lipinski definition) is 1. The van der Waals surface area contributed by atoms with Gasteiger partial charge in [-0.2, -0.15) is 0 Å². The zero-order valence-electron chi connectivity index (χ0n) is 16.8. The van der Waals surface area contributed by atoms with Crippen molar-refractivity contribution in [2.75, 3.05) is 12.4 Å². The van der Waals surface area contributed by atoms with Crippen molar-refractivity contribution in [2.24, 2.45) is 10.4 Å². The number of ether oxygens (including phenoxy) is 1. The van der Waals surface area contributed by atoms with E-state index in [1.807, 2.05) is 25.3 Å². The molecule has 0 unspecified atom stereocenters. The highest BCUT2D eigenvalue weighted by molar-refractivity contribution is 7.19. The van der Waals surface area contributed by atoms with Crippen LogP contribution in [0.25, 0.3) is 10.2 Å². The first-order chi connectivity index (χ1) is 14.5. The molecule has 1 atom stereocenters. The van der Waals surface area contributed by atoms with Crippen LogP contribution >= 0.6 is 22.9 Å². The predicted octanol–water partition coefficient (Wildman–Crippen LogP) is 5.03. The van der Waals surface area contributed by atoms with Gasteiger partial charge in [-0.05, 0) is 66.1 Å². The molecule has 2 aromatic heterocycles. The third-order valence-corrected chi connectivity index (χ3v) is 7.86. The minimum Gasteiger partial charge on any atom is -0.495 e. The van der Waals surface area contributed by atoms with E-state index in [-0.39, 0.29) is 5.24 Å². The molecule has 3 heterocycles. The molecular weight excluding hydrogens is 420 g/mol. The number of nitrogens with zero attached hydrogens (tertiary/aromatic N) is 3. The number of rotatable bonds is 5. The predicted molar refractivity (Wildman–Crippen MR) is 121 cm³/mol. The van der Waals surface area contributed by atoms with Crippen molar-refractivity contribution in [2.45, 2.75) is 39.2 Å². The van der Waals surface area contributed by atoms with E-state index >= 15 is 0 Å². The summed E-state index contributed by atoms with van der Waals surface area (Å²) < 4.78 is 5.61. The van der Waals surface area contributed by atoms with Gasteiger partial charge in [-0.3, -0.25) is 9.79 Å². The van der Waals surface area contributed by atoms with Crippen LogP contribution < -0.4 is 10.1 Å². The van der Waals surface area contributed by atoms with Crippen molar-refractivity contribution in [3.8, 4) is 5.75 Å². The number of hydrogen-bond acceptors (Lipinski definition) is 7. The molecule has 1 aliphatic heterocycles. The van der Waals surface area contributed by atoms with Crippen LogP contribution in [0.2, 0.25) is 0 Å². The van der Waals surface area contributed by atoms with E-state index in [0.29, 0.717) is 13.0 Å². The van der Waals surface area contributed by atoms with E-state index in [4.69, 9.17) is 16.3 Å². The molecular formula is C22H21ClN4O2S. The van der Waals surface area contributed by atoms with Crippen molar-refractivity contribution in [1.82, 2.24) is 9.97 Å². The van der Waals surface area contributed by atoms with Gasteiger partial charge in [0.15, 0.2) is 0 Å². The van der Waals surface area contributed by atoms with Crippen LogP contribution in [-0.4, -0.2) is 28.5 Å². The Morgan fingerprint density at radius 3 is 3.00 bits per heavy atom. The minimum absolute atomic E-state index is 0.234. The Balaban J connectivity index is 1.58. The first-order valence-corrected chi connectivity index (χ1v) is 11.2. The molecule has 1 N–H and O–H groups in total. The van der Waals surface area contributed by atoms with E-state index in [1.165, 1.54) is 10.4 Å². The third kappa shape index (κ3) is 2.99. The topological polar surface area (TPSA) is 76.5 Å². The Morgan fingerprint density at radius 2 is 2.23 bits per heavy atom. The monoisotopic (exact) mass is 440 g/mol. The molecule has 0 amide bonds. The maximum atomic E-state index is 12.2. The lowest BCUT2D eigenvalue weighted by molar-refractivity contribution is -0.121. The maximum absolute atomic E-state index is 12.2. The SMILES string of the molecule is CC[C@]1(C(=O)Cl)CCc2c(sc3ncnc(Nc4cc5c(cc4OC)CN=C5)c23)C1. The summed E-state index contributed by atoms with van der Waals surface area (Å²) in [6.07, 6.45) is 6.41. The Labute approximate surface area is 183 Å². The summed E-state index contributed by atoms with van der Waals surface area (Å²) in [5.74, 6) is 1.51. The molecule has 154 valence electrons. The lowest BCUT2D eigenvalue weighted by Crippen LogP contribution is -2.33. The van der Waals surface area contributed by atoms with Gasteiger partial charge >= 0.3 is 0 Å². The second-order valence-corrected chi connectivity index (χ2v) is 9.26. The van der Waals surface area contributed by atoms with Gasteiger partial charge in [-0.25, -0.2) is 9.97 Å². The number of aryl methyl sites for hydroxylation is 1. The Morgan fingerprint density at radius 1 is 1.37 bits per heavy atom. The molecule has 0 fully saturated rings. The van der Waals surface area contributed by atoms with Gasteiger partial charge in [0.25, 0.3) is 0 Å². The fourth-order valence-electron chi connectivity index (χ4n) is 4.44. The zero-order valence-corrected chi connectivity index (χ0v) is 18.4. The number of carbonyl (C=O) groups is 1. The van der Waals surface area contributed by atoms with Gasteiger partial charge in [0.05, 0.1) is 24.7 Å². The average molecular weight is 441 g/mol. The highest BCUT2D eigenvalue weighted by Gasteiger charge is 2.40. The molecule has 30 heavy (non-hydrogen) atoms. The van der Waals surface area contributed by atoms with Crippen molar-refractivity contribution in [3.63, 3.8) is 0 Å². The second kappa shape index (κ2) is 7.32. The molecule has 2 aliphatic rings. The molecule has 0 saturated carbocycles. The van der Waals surface area contributed by atoms with Gasteiger partial charge < -0.3 is 10.1 Å². The van der Waals surface area contributed by atoms with Gasteiger partial charge in [0, 0.05) is 16.5 Å². The second-order valence-electron chi connectivity index (χ2n) is 7.84. The number of fused-ring (bicyclic) bond motifs is 4. The van der Waals surface area contributed by atoms with Gasteiger partial charge in [0.2, 0.25) is 5.24 Å². The van der Waals surface area contributed by atoms with Crippen LogP contribution in [0.3, 0.4) is 0 Å². The molecule has 3 aromatic rings. The molecule has 1 aromatic carbocycles. The number of aliphatic imine (C=N–C) groups is 1. The first kappa shape index (κ1) is 19.5. The molecule has 5 rings (SSSR count). The molecule has 1 aliphatic carbocycles. The lowest BCUT2D eigenvalue weighted by atomic mass is 9.73. The maximum Gasteiger partial charge on any atom is 0.228 e. The number of halogens is 1. The van der Waals surface area contributed by atoms with Gasteiger partial charge in [0.1, 0.15) is 22.7 Å². The summed E-state index contributed by atoms with van der Waals surface area (Å²) >= 11 is 7.63. The summed E-state index contributed by atoms with van der Waals surface area (Å²) in [5, 5.41) is 4.26. The van der Waals surface area contributed by atoms with Gasteiger partial charge in [-0.15, -0.1) is 11.3 Å². The molecule has 0 spiro atoms. The van der Waals surface area contributed by atoms with E-state index in [9.17, 15) is 4.79 Å². The summed E-state index contributed by atoms with van der Waals surface area (Å²) in [5.41, 5.74) is 3.84. The summed E-state index contributed by atoms with van der Waals surface area (Å²) in [7, 11) is 1.66. The fourth-order valence-corrected chi connectivity index (χ4v) is 6.07. The highest BCUT2D eigenvalue weighted by Crippen LogP contribution is 2.47. The van der Waals surface area contributed by atoms with E-state index < -0.39 is 5.41 Å². The van der Waals surface area contributed by atoms with Crippen LogP contribution in [-0.2, 0) is 24.2 Å². The first-order valence-electron chi connectivity index (χ1n) is 9.97. The van der Waals surface area contributed by atoms with Crippen LogP contribution in [0.5, 0.6) is 5.75 Å². The third-order valence-electron chi connectivity index (χ3n) is 6.32. The Kier molecular flexibility index (Phi) is 4.75. The van der Waals surface area contributed by atoms with E-state index in [2.05, 4.69) is 20.3 Å². The van der Waals surface area contributed by atoms with Crippen LogP contribution in [0.15, 0.2) is 23.5 Å². The van der Waals surface area contributed by atoms with Crippen molar-refractivity contribution < 1.29 is 9.53 Å². The Bertz CT molecular complexity index is 1210. The Hall–Kier alpha value is -2.51. The summed E-state index contributed by atoms with van der Waals surface area (Å²) in [4.78, 5) is 27.7. The number of methoxy groups -OCH3 is 1. The molecule has 6 nitrogen and oxygen atoms in total. The normalized spacial score (nSPS) is 19.6. The number of carbonyl (C=O) groups excluding carboxylic acids is 1. The van der Waals surface area contributed by atoms with Crippen molar-refractivity contribution in [3.05, 3.63) is 40.0 Å². The number of thiophene rings is 1. The van der Waals surface area contributed by atoms with Gasteiger partial charge in [-0.1, -0.05) is 6.92 Å². The molecule has 8 heteroatoms. The molecule has 0 radical (unpaired) electrons. The van der Waals surface area contributed by atoms with Crippen LogP contribution in [0, 0.1) is 5.41 Å².